The molecule has 1 saturated carbocycles. The average Bonchev–Trinajstić information content (AvgIpc) is 3.26. The fourth-order valence-electron chi connectivity index (χ4n) is 3.34. The number of nitrogens with zero attached hydrogens (tertiary/aromatic N) is 4. The minimum Gasteiger partial charge on any atom is -0.497 e. The van der Waals surface area contributed by atoms with Gasteiger partial charge in [-0.3, -0.25) is 19.9 Å². The minimum absolute atomic E-state index is 0.193. The van der Waals surface area contributed by atoms with Crippen LogP contribution >= 0.6 is 0 Å². The number of amides is 1. The first-order chi connectivity index (χ1) is 13.6. The number of carbonyl (C=O) groups is 1. The molecule has 2 heterocycles. The fourth-order valence-corrected chi connectivity index (χ4v) is 3.34. The summed E-state index contributed by atoms with van der Waals surface area (Å²) in [7, 11) is 4.93. The van der Waals surface area contributed by atoms with Gasteiger partial charge in [-0.2, -0.15) is 10.1 Å². The van der Waals surface area contributed by atoms with Crippen molar-refractivity contribution in [2.75, 3.05) is 19.5 Å². The molecule has 0 spiro atoms. The SMILES string of the molecule is COc1ccc(-c2nc(NC(=O)c3c(C4CCC4)cnn3C)n[nH]2)c(OC)c1. The number of rotatable bonds is 6. The molecule has 2 N–H and O–H groups in total. The number of carbonyl (C=O) groups excluding carboxylic acids is 1. The lowest BCUT2D eigenvalue weighted by Gasteiger charge is -2.25. The van der Waals surface area contributed by atoms with Crippen LogP contribution in [0.25, 0.3) is 11.4 Å². The summed E-state index contributed by atoms with van der Waals surface area (Å²) in [6.07, 6.45) is 5.15. The molecule has 4 rings (SSSR count). The molecule has 1 aromatic carbocycles. The Hall–Kier alpha value is -3.36. The van der Waals surface area contributed by atoms with Crippen LogP contribution in [0.5, 0.6) is 11.5 Å². The second kappa shape index (κ2) is 7.34. The highest BCUT2D eigenvalue weighted by Gasteiger charge is 2.28. The van der Waals surface area contributed by atoms with Gasteiger partial charge in [0, 0.05) is 18.7 Å². The molecule has 0 aliphatic heterocycles. The van der Waals surface area contributed by atoms with E-state index in [1.165, 1.54) is 6.42 Å². The van der Waals surface area contributed by atoms with E-state index in [1.807, 2.05) is 6.07 Å². The maximum absolute atomic E-state index is 12.8. The minimum atomic E-state index is -0.269. The Kier molecular flexibility index (Phi) is 4.72. The van der Waals surface area contributed by atoms with Gasteiger partial charge in [0.25, 0.3) is 5.91 Å². The molecule has 9 heteroatoms. The van der Waals surface area contributed by atoms with Crippen LogP contribution in [-0.4, -0.2) is 45.1 Å². The van der Waals surface area contributed by atoms with Gasteiger partial charge >= 0.3 is 0 Å². The number of methoxy groups -OCH3 is 2. The number of aryl methyl sites for hydroxylation is 1. The van der Waals surface area contributed by atoms with Gasteiger partial charge in [0.1, 0.15) is 17.2 Å². The van der Waals surface area contributed by atoms with Crippen molar-refractivity contribution in [1.82, 2.24) is 25.0 Å². The van der Waals surface area contributed by atoms with E-state index in [0.29, 0.717) is 34.5 Å². The third-order valence-electron chi connectivity index (χ3n) is 5.10. The number of ether oxygens (including phenoxy) is 2. The summed E-state index contributed by atoms with van der Waals surface area (Å²) >= 11 is 0. The fraction of sp³-hybridized carbons (Fsp3) is 0.368. The van der Waals surface area contributed by atoms with Crippen molar-refractivity contribution in [3.63, 3.8) is 0 Å². The summed E-state index contributed by atoms with van der Waals surface area (Å²) in [6, 6.07) is 5.38. The van der Waals surface area contributed by atoms with Crippen LogP contribution in [-0.2, 0) is 7.05 Å². The third kappa shape index (κ3) is 3.19. The van der Waals surface area contributed by atoms with Gasteiger partial charge in [-0.05, 0) is 30.9 Å². The van der Waals surface area contributed by atoms with E-state index in [0.717, 1.165) is 18.4 Å². The molecule has 3 aromatic rings. The predicted octanol–water partition coefficient (Wildman–Crippen LogP) is 2.74. The zero-order chi connectivity index (χ0) is 19.7. The summed E-state index contributed by atoms with van der Waals surface area (Å²) < 4.78 is 12.2. The number of nitrogens with one attached hydrogen (secondary N) is 2. The lowest BCUT2D eigenvalue weighted by atomic mass is 9.80. The molecule has 0 atom stereocenters. The average molecular weight is 382 g/mol. The summed E-state index contributed by atoms with van der Waals surface area (Å²) in [4.78, 5) is 17.2. The lowest BCUT2D eigenvalue weighted by molar-refractivity contribution is 0.101. The van der Waals surface area contributed by atoms with Gasteiger partial charge in [-0.25, -0.2) is 0 Å². The van der Waals surface area contributed by atoms with Gasteiger partial charge in [0.05, 0.1) is 26.0 Å². The van der Waals surface area contributed by atoms with Gasteiger partial charge in [0.15, 0.2) is 5.82 Å². The predicted molar refractivity (Wildman–Crippen MR) is 103 cm³/mol. The van der Waals surface area contributed by atoms with Crippen LogP contribution in [0.1, 0.15) is 41.2 Å². The zero-order valence-corrected chi connectivity index (χ0v) is 16.0. The Morgan fingerprint density at radius 3 is 2.79 bits per heavy atom. The van der Waals surface area contributed by atoms with E-state index < -0.39 is 0 Å². The smallest absolute Gasteiger partial charge is 0.276 e. The molecule has 1 aliphatic carbocycles. The van der Waals surface area contributed by atoms with Crippen molar-refractivity contribution in [3.05, 3.63) is 35.7 Å². The van der Waals surface area contributed by atoms with E-state index in [1.54, 1.807) is 44.3 Å². The standard InChI is InChI=1S/C19H22N6O3/c1-25-16(14(10-20-25)11-5-4-6-11)18(26)22-19-21-17(23-24-19)13-8-7-12(27-2)9-15(13)28-3/h7-11H,4-6H2,1-3H3,(H2,21,22,23,24,26). The van der Waals surface area contributed by atoms with E-state index in [2.05, 4.69) is 25.6 Å². The number of benzene rings is 1. The highest BCUT2D eigenvalue weighted by atomic mass is 16.5. The molecule has 9 nitrogen and oxygen atoms in total. The molecule has 1 fully saturated rings. The summed E-state index contributed by atoms with van der Waals surface area (Å²) in [6.45, 7) is 0. The van der Waals surface area contributed by atoms with Crippen LogP contribution in [0.3, 0.4) is 0 Å². The van der Waals surface area contributed by atoms with E-state index >= 15 is 0 Å². The Morgan fingerprint density at radius 2 is 2.11 bits per heavy atom. The summed E-state index contributed by atoms with van der Waals surface area (Å²) in [5.74, 6) is 2.08. The van der Waals surface area contributed by atoms with Gasteiger partial charge in [0.2, 0.25) is 5.95 Å². The molecule has 0 radical (unpaired) electrons. The van der Waals surface area contributed by atoms with E-state index in [9.17, 15) is 4.79 Å². The zero-order valence-electron chi connectivity index (χ0n) is 16.0. The van der Waals surface area contributed by atoms with Crippen molar-refractivity contribution in [1.29, 1.82) is 0 Å². The molecular formula is C19H22N6O3. The largest absolute Gasteiger partial charge is 0.497 e. The van der Waals surface area contributed by atoms with E-state index in [-0.39, 0.29) is 11.9 Å². The molecule has 1 aliphatic rings. The molecule has 28 heavy (non-hydrogen) atoms. The maximum Gasteiger partial charge on any atom is 0.276 e. The van der Waals surface area contributed by atoms with Crippen LogP contribution in [0.4, 0.5) is 5.95 Å². The molecular weight excluding hydrogens is 360 g/mol. The lowest BCUT2D eigenvalue weighted by Crippen LogP contribution is -2.21. The molecule has 2 aromatic heterocycles. The number of aromatic amines is 1. The number of hydrogen-bond donors (Lipinski definition) is 2. The van der Waals surface area contributed by atoms with Crippen LogP contribution < -0.4 is 14.8 Å². The van der Waals surface area contributed by atoms with Crippen LogP contribution in [0.2, 0.25) is 0 Å². The monoisotopic (exact) mass is 382 g/mol. The normalized spacial score (nSPS) is 13.8. The second-order valence-corrected chi connectivity index (χ2v) is 6.73. The van der Waals surface area contributed by atoms with E-state index in [4.69, 9.17) is 9.47 Å². The van der Waals surface area contributed by atoms with Crippen molar-refractivity contribution < 1.29 is 14.3 Å². The van der Waals surface area contributed by atoms with Crippen LogP contribution in [0, 0.1) is 0 Å². The summed E-state index contributed by atoms with van der Waals surface area (Å²) in [5.41, 5.74) is 2.25. The number of H-pyrrole nitrogens is 1. The van der Waals surface area contributed by atoms with Crippen molar-refractivity contribution >= 4 is 11.9 Å². The first-order valence-corrected chi connectivity index (χ1v) is 9.08. The molecule has 0 saturated heterocycles. The highest BCUT2D eigenvalue weighted by Crippen LogP contribution is 2.38. The number of aromatic nitrogens is 5. The van der Waals surface area contributed by atoms with Crippen LogP contribution in [0.15, 0.2) is 24.4 Å². The van der Waals surface area contributed by atoms with Gasteiger partial charge in [-0.1, -0.05) is 6.42 Å². The van der Waals surface area contributed by atoms with Crippen molar-refractivity contribution in [2.45, 2.75) is 25.2 Å². The molecule has 1 amide bonds. The third-order valence-corrected chi connectivity index (χ3v) is 5.10. The maximum atomic E-state index is 12.8. The summed E-state index contributed by atoms with van der Waals surface area (Å²) in [5, 5.41) is 14.0. The Balaban J connectivity index is 1.56. The second-order valence-electron chi connectivity index (χ2n) is 6.73. The Morgan fingerprint density at radius 1 is 1.29 bits per heavy atom. The number of hydrogen-bond acceptors (Lipinski definition) is 6. The van der Waals surface area contributed by atoms with Crippen molar-refractivity contribution in [2.24, 2.45) is 7.05 Å². The quantitative estimate of drug-likeness (QED) is 0.679. The topological polar surface area (TPSA) is 107 Å². The Bertz CT molecular complexity index is 1010. The first kappa shape index (κ1) is 18.0. The van der Waals surface area contributed by atoms with Crippen molar-refractivity contribution in [3.8, 4) is 22.9 Å². The number of anilines is 1. The molecule has 0 bridgehead atoms. The Labute approximate surface area is 162 Å². The highest BCUT2D eigenvalue weighted by molar-refractivity contribution is 6.03. The molecule has 0 unspecified atom stereocenters. The molecule has 146 valence electrons. The van der Waals surface area contributed by atoms with Gasteiger partial charge < -0.3 is 9.47 Å². The van der Waals surface area contributed by atoms with Gasteiger partial charge in [-0.15, -0.1) is 5.10 Å². The first-order valence-electron chi connectivity index (χ1n) is 9.08.